The number of hydrogen-bond acceptors (Lipinski definition) is 4. The molecule has 0 radical (unpaired) electrons. The van der Waals surface area contributed by atoms with Crippen LogP contribution in [0.2, 0.25) is 0 Å². The van der Waals surface area contributed by atoms with Crippen LogP contribution in [0.5, 0.6) is 0 Å². The van der Waals surface area contributed by atoms with Crippen LogP contribution in [0.4, 0.5) is 0 Å². The summed E-state index contributed by atoms with van der Waals surface area (Å²) in [6, 6.07) is 10.6. The molecule has 0 fully saturated rings. The van der Waals surface area contributed by atoms with Crippen LogP contribution in [0, 0.1) is 21.4 Å². The zero-order valence-electron chi connectivity index (χ0n) is 10.1. The monoisotopic (exact) mass is 256 g/mol. The van der Waals surface area contributed by atoms with E-state index in [0.29, 0.717) is 16.7 Å². The van der Waals surface area contributed by atoms with Crippen molar-refractivity contribution in [1.29, 1.82) is 5.26 Å². The van der Waals surface area contributed by atoms with E-state index in [1.165, 1.54) is 0 Å². The molecule has 19 heavy (non-hydrogen) atoms. The summed E-state index contributed by atoms with van der Waals surface area (Å²) in [5, 5.41) is 29.8. The highest BCUT2D eigenvalue weighted by Gasteiger charge is 2.49. The topological polar surface area (TPSA) is 87.2 Å². The Morgan fingerprint density at radius 3 is 2.58 bits per heavy atom. The molecule has 0 aromatic heterocycles. The molecule has 0 saturated carbocycles. The van der Waals surface area contributed by atoms with Gasteiger partial charge in [-0.2, -0.15) is 5.26 Å². The molecule has 1 atom stereocenters. The molecule has 96 valence electrons. The third kappa shape index (κ3) is 2.14. The average Bonchev–Trinajstić information content (AvgIpc) is 2.47. The SMILES string of the molecule is N#CC1([N+](=O)[O-])CC(CO)=CC=C1c1ccccc1. The number of nitro groups is 1. The first-order valence-corrected chi connectivity index (χ1v) is 5.76. The number of benzene rings is 1. The van der Waals surface area contributed by atoms with Crippen molar-refractivity contribution in [2.45, 2.75) is 12.0 Å². The van der Waals surface area contributed by atoms with E-state index in [1.54, 1.807) is 36.4 Å². The molecule has 1 unspecified atom stereocenters. The molecular formula is C14H12N2O3. The van der Waals surface area contributed by atoms with Gasteiger partial charge in [0, 0.05) is 4.92 Å². The lowest BCUT2D eigenvalue weighted by molar-refractivity contribution is -0.533. The highest BCUT2D eigenvalue weighted by molar-refractivity contribution is 5.78. The number of hydrogen-bond donors (Lipinski definition) is 1. The Morgan fingerprint density at radius 2 is 2.05 bits per heavy atom. The minimum atomic E-state index is -1.83. The number of nitrogens with zero attached hydrogens (tertiary/aromatic N) is 2. The Kier molecular flexibility index (Phi) is 3.45. The Labute approximate surface area is 110 Å². The zero-order chi connectivity index (χ0) is 13.9. The molecule has 0 heterocycles. The fourth-order valence-electron chi connectivity index (χ4n) is 2.19. The van der Waals surface area contributed by atoms with Crippen LogP contribution < -0.4 is 0 Å². The van der Waals surface area contributed by atoms with Crippen molar-refractivity contribution < 1.29 is 10.0 Å². The number of aliphatic hydroxyl groups excluding tert-OH is 1. The van der Waals surface area contributed by atoms with Gasteiger partial charge in [0.05, 0.1) is 18.6 Å². The van der Waals surface area contributed by atoms with Gasteiger partial charge in [0.1, 0.15) is 0 Å². The smallest absolute Gasteiger partial charge is 0.334 e. The first kappa shape index (κ1) is 13.0. The van der Waals surface area contributed by atoms with Crippen LogP contribution in [-0.2, 0) is 0 Å². The fourth-order valence-corrected chi connectivity index (χ4v) is 2.19. The zero-order valence-corrected chi connectivity index (χ0v) is 10.1. The van der Waals surface area contributed by atoms with Gasteiger partial charge >= 0.3 is 5.54 Å². The lowest BCUT2D eigenvalue weighted by Crippen LogP contribution is -2.40. The van der Waals surface area contributed by atoms with Crippen molar-refractivity contribution in [3.8, 4) is 6.07 Å². The molecule has 1 aliphatic carbocycles. The second kappa shape index (κ2) is 5.04. The molecule has 1 aromatic rings. The van der Waals surface area contributed by atoms with E-state index in [4.69, 9.17) is 5.11 Å². The maximum absolute atomic E-state index is 11.4. The lowest BCUT2D eigenvalue weighted by atomic mass is 9.78. The van der Waals surface area contributed by atoms with Crippen molar-refractivity contribution in [2.24, 2.45) is 0 Å². The largest absolute Gasteiger partial charge is 0.392 e. The van der Waals surface area contributed by atoms with E-state index >= 15 is 0 Å². The minimum Gasteiger partial charge on any atom is -0.392 e. The minimum absolute atomic E-state index is 0.0896. The Balaban J connectivity index is 2.60. The Morgan fingerprint density at radius 1 is 1.37 bits per heavy atom. The highest BCUT2D eigenvalue weighted by Crippen LogP contribution is 2.38. The van der Waals surface area contributed by atoms with Gasteiger partial charge in [0.2, 0.25) is 0 Å². The summed E-state index contributed by atoms with van der Waals surface area (Å²) in [4.78, 5) is 10.8. The van der Waals surface area contributed by atoms with Crippen LogP contribution in [0.15, 0.2) is 48.1 Å². The average molecular weight is 256 g/mol. The molecule has 5 heteroatoms. The molecule has 1 aromatic carbocycles. The van der Waals surface area contributed by atoms with Crippen molar-refractivity contribution in [3.63, 3.8) is 0 Å². The maximum atomic E-state index is 11.4. The maximum Gasteiger partial charge on any atom is 0.334 e. The summed E-state index contributed by atoms with van der Waals surface area (Å²) in [6.45, 7) is -0.282. The molecule has 1 N–H and O–H groups in total. The molecule has 0 aliphatic heterocycles. The molecule has 1 aliphatic rings. The first-order chi connectivity index (χ1) is 9.14. The molecular weight excluding hydrogens is 244 g/mol. The van der Waals surface area contributed by atoms with Crippen molar-refractivity contribution in [2.75, 3.05) is 6.61 Å². The van der Waals surface area contributed by atoms with Gasteiger partial charge in [-0.15, -0.1) is 0 Å². The van der Waals surface area contributed by atoms with Gasteiger partial charge in [-0.3, -0.25) is 10.1 Å². The lowest BCUT2D eigenvalue weighted by Gasteiger charge is -2.25. The van der Waals surface area contributed by atoms with Gasteiger partial charge < -0.3 is 5.11 Å². The van der Waals surface area contributed by atoms with Gasteiger partial charge in [-0.25, -0.2) is 0 Å². The summed E-state index contributed by atoms with van der Waals surface area (Å²) in [6.07, 6.45) is 3.10. The van der Waals surface area contributed by atoms with Crippen molar-refractivity contribution in [1.82, 2.24) is 0 Å². The van der Waals surface area contributed by atoms with E-state index in [9.17, 15) is 15.4 Å². The Hall–Kier alpha value is -2.45. The van der Waals surface area contributed by atoms with E-state index < -0.39 is 10.5 Å². The third-order valence-electron chi connectivity index (χ3n) is 3.20. The first-order valence-electron chi connectivity index (χ1n) is 5.76. The number of nitriles is 1. The van der Waals surface area contributed by atoms with Crippen LogP contribution in [0.3, 0.4) is 0 Å². The van der Waals surface area contributed by atoms with Crippen LogP contribution >= 0.6 is 0 Å². The highest BCUT2D eigenvalue weighted by atomic mass is 16.6. The predicted molar refractivity (Wildman–Crippen MR) is 69.5 cm³/mol. The normalized spacial score (nSPS) is 22.1. The number of aliphatic hydroxyl groups is 1. The van der Waals surface area contributed by atoms with E-state index in [-0.39, 0.29) is 13.0 Å². The van der Waals surface area contributed by atoms with Crippen LogP contribution in [-0.4, -0.2) is 22.2 Å². The van der Waals surface area contributed by atoms with Crippen molar-refractivity contribution in [3.05, 3.63) is 63.7 Å². The van der Waals surface area contributed by atoms with Gasteiger partial charge in [-0.1, -0.05) is 42.5 Å². The van der Waals surface area contributed by atoms with Crippen LogP contribution in [0.25, 0.3) is 5.57 Å². The Bertz CT molecular complexity index is 599. The molecule has 0 spiro atoms. The van der Waals surface area contributed by atoms with E-state index in [2.05, 4.69) is 0 Å². The predicted octanol–water partition coefficient (Wildman–Crippen LogP) is 1.93. The fraction of sp³-hybridized carbons (Fsp3) is 0.214. The summed E-state index contributed by atoms with van der Waals surface area (Å²) >= 11 is 0. The molecule has 0 bridgehead atoms. The van der Waals surface area contributed by atoms with E-state index in [0.717, 1.165) is 0 Å². The summed E-state index contributed by atoms with van der Waals surface area (Å²) in [5.41, 5.74) is -0.335. The summed E-state index contributed by atoms with van der Waals surface area (Å²) < 4.78 is 0. The van der Waals surface area contributed by atoms with Gasteiger partial charge in [0.25, 0.3) is 0 Å². The summed E-state index contributed by atoms with van der Waals surface area (Å²) in [5.74, 6) is 0. The number of allylic oxidation sites excluding steroid dienone is 2. The van der Waals surface area contributed by atoms with E-state index in [1.807, 2.05) is 12.1 Å². The number of rotatable bonds is 3. The standard InChI is InChI=1S/C14H12N2O3/c15-10-14(16(18)19)8-11(9-17)6-7-13(14)12-4-2-1-3-5-12/h1-7,17H,8-9H2. The van der Waals surface area contributed by atoms with Crippen molar-refractivity contribution >= 4 is 5.57 Å². The second-order valence-corrected chi connectivity index (χ2v) is 4.34. The van der Waals surface area contributed by atoms with Crippen LogP contribution in [0.1, 0.15) is 12.0 Å². The van der Waals surface area contributed by atoms with Gasteiger partial charge in [-0.05, 0) is 11.1 Å². The molecule has 0 amide bonds. The molecule has 0 saturated heterocycles. The van der Waals surface area contributed by atoms with Gasteiger partial charge in [0.15, 0.2) is 6.07 Å². The second-order valence-electron chi connectivity index (χ2n) is 4.34. The molecule has 2 rings (SSSR count). The quantitative estimate of drug-likeness (QED) is 0.661. The third-order valence-corrected chi connectivity index (χ3v) is 3.20. The molecule has 5 nitrogen and oxygen atoms in total. The summed E-state index contributed by atoms with van der Waals surface area (Å²) in [7, 11) is 0.